The van der Waals surface area contributed by atoms with E-state index in [1.165, 1.54) is 49.4 Å². The van der Waals surface area contributed by atoms with E-state index in [2.05, 4.69) is 217 Å². The Bertz CT molecular complexity index is 3250. The second-order valence-electron chi connectivity index (χ2n) is 14.4. The predicted molar refractivity (Wildman–Crippen MR) is 237 cm³/mol. The minimum absolute atomic E-state index is 0.861. The molecular weight excluding hydrogens is 679 g/mol. The summed E-state index contributed by atoms with van der Waals surface area (Å²) < 4.78 is 6.75. The summed E-state index contributed by atoms with van der Waals surface area (Å²) in [5, 5.41) is 9.46. The molecule has 0 radical (unpaired) electrons. The van der Waals surface area contributed by atoms with Gasteiger partial charge in [0.05, 0.1) is 16.8 Å². The lowest BCUT2D eigenvalue weighted by Crippen LogP contribution is -2.11. The van der Waals surface area contributed by atoms with Crippen LogP contribution in [0.3, 0.4) is 0 Å². The number of furan rings is 1. The molecule has 0 aliphatic heterocycles. The maximum atomic E-state index is 6.75. The Morgan fingerprint density at radius 1 is 0.321 bits per heavy atom. The van der Waals surface area contributed by atoms with Crippen molar-refractivity contribution in [2.45, 2.75) is 0 Å². The number of benzene rings is 10. The fourth-order valence-electron chi connectivity index (χ4n) is 8.69. The molecular formula is C54H35NO. The second kappa shape index (κ2) is 13.2. The van der Waals surface area contributed by atoms with E-state index in [0.717, 1.165) is 55.3 Å². The van der Waals surface area contributed by atoms with Crippen molar-refractivity contribution in [3.63, 3.8) is 0 Å². The van der Waals surface area contributed by atoms with E-state index in [0.29, 0.717) is 0 Å². The van der Waals surface area contributed by atoms with E-state index < -0.39 is 0 Å². The molecule has 11 rings (SSSR count). The molecule has 0 unspecified atom stereocenters. The molecule has 0 aliphatic rings. The van der Waals surface area contributed by atoms with Gasteiger partial charge >= 0.3 is 0 Å². The predicted octanol–water partition coefficient (Wildman–Crippen LogP) is 15.5. The number of hydrogen-bond donors (Lipinski definition) is 0. The monoisotopic (exact) mass is 713 g/mol. The molecule has 0 N–H and O–H groups in total. The highest BCUT2D eigenvalue weighted by molar-refractivity contribution is 6.20. The molecule has 11 aromatic rings. The summed E-state index contributed by atoms with van der Waals surface area (Å²) in [5.41, 5.74) is 12.1. The number of anilines is 3. The van der Waals surface area contributed by atoms with E-state index in [-0.39, 0.29) is 0 Å². The highest BCUT2D eigenvalue weighted by atomic mass is 16.3. The topological polar surface area (TPSA) is 16.4 Å². The van der Waals surface area contributed by atoms with Gasteiger partial charge in [-0.2, -0.15) is 0 Å². The van der Waals surface area contributed by atoms with Crippen molar-refractivity contribution in [1.82, 2.24) is 0 Å². The van der Waals surface area contributed by atoms with Gasteiger partial charge in [-0.1, -0.05) is 170 Å². The Morgan fingerprint density at radius 2 is 0.911 bits per heavy atom. The van der Waals surface area contributed by atoms with Gasteiger partial charge in [0.25, 0.3) is 0 Å². The average Bonchev–Trinajstić information content (AvgIpc) is 3.67. The minimum Gasteiger partial charge on any atom is -0.455 e. The molecule has 0 aliphatic carbocycles. The molecule has 1 heterocycles. The summed E-state index contributed by atoms with van der Waals surface area (Å²) >= 11 is 0. The molecule has 2 heteroatoms. The first-order valence-corrected chi connectivity index (χ1v) is 19.2. The van der Waals surface area contributed by atoms with Crippen molar-refractivity contribution in [3.05, 3.63) is 212 Å². The van der Waals surface area contributed by atoms with E-state index in [4.69, 9.17) is 4.42 Å². The molecule has 2 nitrogen and oxygen atoms in total. The quantitative estimate of drug-likeness (QED) is 0.160. The summed E-state index contributed by atoms with van der Waals surface area (Å²) in [7, 11) is 0. The van der Waals surface area contributed by atoms with Crippen molar-refractivity contribution in [1.29, 1.82) is 0 Å². The zero-order valence-corrected chi connectivity index (χ0v) is 30.6. The molecule has 262 valence electrons. The lowest BCUT2D eigenvalue weighted by atomic mass is 9.88. The van der Waals surface area contributed by atoms with Gasteiger partial charge in [0.15, 0.2) is 0 Å². The maximum absolute atomic E-state index is 6.75. The van der Waals surface area contributed by atoms with Crippen LogP contribution in [0.25, 0.3) is 87.6 Å². The Labute approximate surface area is 325 Å². The molecule has 0 saturated heterocycles. The first-order chi connectivity index (χ1) is 27.8. The van der Waals surface area contributed by atoms with Crippen molar-refractivity contribution < 1.29 is 4.42 Å². The summed E-state index contributed by atoms with van der Waals surface area (Å²) in [6, 6.07) is 76.5. The fourth-order valence-corrected chi connectivity index (χ4v) is 8.69. The molecule has 56 heavy (non-hydrogen) atoms. The van der Waals surface area contributed by atoms with Gasteiger partial charge in [-0.25, -0.2) is 0 Å². The van der Waals surface area contributed by atoms with E-state index in [1.807, 2.05) is 0 Å². The Morgan fingerprint density at radius 3 is 1.71 bits per heavy atom. The smallest absolute Gasteiger partial charge is 0.143 e. The number of hydrogen-bond acceptors (Lipinski definition) is 2. The number of fused-ring (bicyclic) bond motifs is 8. The van der Waals surface area contributed by atoms with Crippen molar-refractivity contribution in [2.24, 2.45) is 0 Å². The zero-order valence-electron chi connectivity index (χ0n) is 30.6. The van der Waals surface area contributed by atoms with Gasteiger partial charge in [-0.3, -0.25) is 0 Å². The number of nitrogens with zero attached hydrogens (tertiary/aromatic N) is 1. The largest absolute Gasteiger partial charge is 0.455 e. The Hall–Kier alpha value is -7.42. The summed E-state index contributed by atoms with van der Waals surface area (Å²) in [6.07, 6.45) is 0. The summed E-state index contributed by atoms with van der Waals surface area (Å²) in [4.78, 5) is 2.42. The van der Waals surface area contributed by atoms with Crippen LogP contribution in [0.2, 0.25) is 0 Å². The molecule has 1 aromatic heterocycles. The zero-order chi connectivity index (χ0) is 37.0. The maximum Gasteiger partial charge on any atom is 0.143 e. The SMILES string of the molecule is c1ccc(-c2ccc(N(c3ccccc3-c3ccccc3-c3cc4ccccc4c4ccccc34)c3cccc4oc5c6ccccc6ccc5c34)cc2)cc1. The fraction of sp³-hybridized carbons (Fsp3) is 0. The third-order valence-corrected chi connectivity index (χ3v) is 11.3. The number of rotatable bonds is 6. The second-order valence-corrected chi connectivity index (χ2v) is 14.4. The summed E-state index contributed by atoms with van der Waals surface area (Å²) in [5.74, 6) is 0. The normalized spacial score (nSPS) is 11.6. The third kappa shape index (κ3) is 5.19. The van der Waals surface area contributed by atoms with Gasteiger partial charge in [0.1, 0.15) is 11.2 Å². The standard InChI is InChI=1S/C54H35NO/c1-2-15-36(16-3-1)37-29-32-40(33-30-37)55(51-27-14-28-52-53(51)48-34-31-38-17-4-7-20-42(38)54(48)56-52)50-26-13-12-25-47(50)44-22-9-11-24-46(44)49-35-39-18-5-6-19-41(39)43-21-8-10-23-45(43)49/h1-35H. The van der Waals surface area contributed by atoms with Gasteiger partial charge in [0, 0.05) is 22.0 Å². The highest BCUT2D eigenvalue weighted by Crippen LogP contribution is 2.49. The summed E-state index contributed by atoms with van der Waals surface area (Å²) in [6.45, 7) is 0. The average molecular weight is 714 g/mol. The molecule has 0 spiro atoms. The Kier molecular flexibility index (Phi) is 7.53. The van der Waals surface area contributed by atoms with Crippen LogP contribution in [0.1, 0.15) is 0 Å². The first kappa shape index (κ1) is 32.0. The highest BCUT2D eigenvalue weighted by Gasteiger charge is 2.24. The molecule has 0 amide bonds. The van der Waals surface area contributed by atoms with Gasteiger partial charge in [-0.15, -0.1) is 0 Å². The van der Waals surface area contributed by atoms with Crippen LogP contribution in [0, 0.1) is 0 Å². The van der Waals surface area contributed by atoms with E-state index in [9.17, 15) is 0 Å². The van der Waals surface area contributed by atoms with Crippen LogP contribution >= 0.6 is 0 Å². The van der Waals surface area contributed by atoms with E-state index >= 15 is 0 Å². The van der Waals surface area contributed by atoms with E-state index in [1.54, 1.807) is 0 Å². The van der Waals surface area contributed by atoms with Crippen molar-refractivity contribution >= 4 is 71.3 Å². The lowest BCUT2D eigenvalue weighted by Gasteiger charge is -2.29. The third-order valence-electron chi connectivity index (χ3n) is 11.3. The van der Waals surface area contributed by atoms with Crippen LogP contribution in [-0.4, -0.2) is 0 Å². The van der Waals surface area contributed by atoms with Crippen LogP contribution in [0.15, 0.2) is 217 Å². The minimum atomic E-state index is 0.861. The first-order valence-electron chi connectivity index (χ1n) is 19.2. The van der Waals surface area contributed by atoms with Crippen LogP contribution in [0.4, 0.5) is 17.1 Å². The van der Waals surface area contributed by atoms with Gasteiger partial charge in [0.2, 0.25) is 0 Å². The number of para-hydroxylation sites is 1. The van der Waals surface area contributed by atoms with Crippen LogP contribution in [-0.2, 0) is 0 Å². The van der Waals surface area contributed by atoms with Crippen LogP contribution in [0.5, 0.6) is 0 Å². The van der Waals surface area contributed by atoms with Crippen molar-refractivity contribution in [2.75, 3.05) is 4.90 Å². The molecule has 0 atom stereocenters. The molecule has 0 fully saturated rings. The lowest BCUT2D eigenvalue weighted by molar-refractivity contribution is 0.672. The molecule has 10 aromatic carbocycles. The Balaban J connectivity index is 1.17. The van der Waals surface area contributed by atoms with Crippen molar-refractivity contribution in [3.8, 4) is 33.4 Å². The molecule has 0 bridgehead atoms. The molecule has 0 saturated carbocycles. The van der Waals surface area contributed by atoms with Crippen LogP contribution < -0.4 is 4.90 Å². The van der Waals surface area contributed by atoms with Gasteiger partial charge in [-0.05, 0) is 97.2 Å². The van der Waals surface area contributed by atoms with Gasteiger partial charge < -0.3 is 9.32 Å².